The van der Waals surface area contributed by atoms with Crippen molar-refractivity contribution in [1.29, 1.82) is 0 Å². The third kappa shape index (κ3) is 2.28. The summed E-state index contributed by atoms with van der Waals surface area (Å²) in [7, 11) is 5.92. The van der Waals surface area contributed by atoms with Gasteiger partial charge in [0.15, 0.2) is 0 Å². The van der Waals surface area contributed by atoms with Crippen molar-refractivity contribution in [3.63, 3.8) is 0 Å². The molecule has 0 aliphatic carbocycles. The summed E-state index contributed by atoms with van der Waals surface area (Å²) in [6.45, 7) is -0.0279. The second-order valence-electron chi connectivity index (χ2n) is 4.33. The molecule has 0 aliphatic heterocycles. The largest absolute Gasteiger partial charge is 0.390 e. The fraction of sp³-hybridized carbons (Fsp3) is 0.308. The molecular formula is C13H16BrN3O. The topological polar surface area (TPSA) is 41.3 Å². The number of hydrogen-bond donors (Lipinski definition) is 1. The number of imidazole rings is 1. The smallest absolute Gasteiger partial charge is 0.141 e. The van der Waals surface area contributed by atoms with Crippen molar-refractivity contribution < 1.29 is 5.11 Å². The summed E-state index contributed by atoms with van der Waals surface area (Å²) in [6.07, 6.45) is 0. The highest BCUT2D eigenvalue weighted by molar-refractivity contribution is 9.10. The lowest BCUT2D eigenvalue weighted by Gasteiger charge is -2.12. The quantitative estimate of drug-likeness (QED) is 0.946. The van der Waals surface area contributed by atoms with Crippen molar-refractivity contribution in [3.8, 4) is 11.4 Å². The third-order valence-electron chi connectivity index (χ3n) is 2.96. The van der Waals surface area contributed by atoms with Gasteiger partial charge >= 0.3 is 0 Å². The second-order valence-corrected chi connectivity index (χ2v) is 5.08. The van der Waals surface area contributed by atoms with Gasteiger partial charge in [-0.15, -0.1) is 0 Å². The number of hydrogen-bond acceptors (Lipinski definition) is 3. The lowest BCUT2D eigenvalue weighted by Crippen LogP contribution is -2.08. The molecule has 96 valence electrons. The van der Waals surface area contributed by atoms with Crippen LogP contribution in [-0.4, -0.2) is 28.8 Å². The highest BCUT2D eigenvalue weighted by Gasteiger charge is 2.13. The fourth-order valence-corrected chi connectivity index (χ4v) is 2.40. The fourth-order valence-electron chi connectivity index (χ4n) is 1.84. The molecule has 4 nitrogen and oxygen atoms in total. The molecule has 2 rings (SSSR count). The number of halogens is 1. The molecule has 5 heteroatoms. The van der Waals surface area contributed by atoms with Crippen LogP contribution in [-0.2, 0) is 13.7 Å². The first-order valence-electron chi connectivity index (χ1n) is 5.64. The molecule has 0 fully saturated rings. The molecule has 0 unspecified atom stereocenters. The van der Waals surface area contributed by atoms with Crippen LogP contribution in [0, 0.1) is 0 Å². The molecule has 2 aromatic rings. The van der Waals surface area contributed by atoms with Gasteiger partial charge in [0, 0.05) is 32.4 Å². The van der Waals surface area contributed by atoms with Crippen molar-refractivity contribution >= 4 is 21.6 Å². The number of aliphatic hydroxyl groups is 1. The highest BCUT2D eigenvalue weighted by Crippen LogP contribution is 2.26. The Morgan fingerprint density at radius 1 is 1.28 bits per heavy atom. The number of aliphatic hydroxyl groups excluding tert-OH is 1. The van der Waals surface area contributed by atoms with Gasteiger partial charge in [0.25, 0.3) is 0 Å². The van der Waals surface area contributed by atoms with Gasteiger partial charge < -0.3 is 14.6 Å². The van der Waals surface area contributed by atoms with E-state index in [0.717, 1.165) is 22.8 Å². The summed E-state index contributed by atoms with van der Waals surface area (Å²) >= 11 is 3.36. The van der Waals surface area contributed by atoms with Crippen LogP contribution in [0.25, 0.3) is 11.4 Å². The van der Waals surface area contributed by atoms with Crippen molar-refractivity contribution in [2.24, 2.45) is 7.05 Å². The van der Waals surface area contributed by atoms with E-state index in [1.165, 1.54) is 0 Å². The molecule has 0 saturated heterocycles. The summed E-state index contributed by atoms with van der Waals surface area (Å²) in [5.41, 5.74) is 2.96. The van der Waals surface area contributed by atoms with E-state index in [0.29, 0.717) is 4.60 Å². The average molecular weight is 310 g/mol. The SMILES string of the molecule is CN(C)c1ccc(-c2nc(Br)c(CO)n2C)cc1. The van der Waals surface area contributed by atoms with Gasteiger partial charge in [0.05, 0.1) is 12.3 Å². The van der Waals surface area contributed by atoms with Crippen LogP contribution in [0.3, 0.4) is 0 Å². The molecule has 0 aliphatic rings. The van der Waals surface area contributed by atoms with Gasteiger partial charge in [0.2, 0.25) is 0 Å². The normalized spacial score (nSPS) is 10.7. The molecule has 18 heavy (non-hydrogen) atoms. The summed E-state index contributed by atoms with van der Waals surface area (Å²) in [5.74, 6) is 0.844. The van der Waals surface area contributed by atoms with Crippen molar-refractivity contribution in [3.05, 3.63) is 34.6 Å². The maximum absolute atomic E-state index is 9.28. The minimum absolute atomic E-state index is 0.0279. The molecule has 0 atom stereocenters. The van der Waals surface area contributed by atoms with E-state index in [4.69, 9.17) is 0 Å². The summed E-state index contributed by atoms with van der Waals surface area (Å²) < 4.78 is 2.59. The zero-order chi connectivity index (χ0) is 13.3. The van der Waals surface area contributed by atoms with E-state index < -0.39 is 0 Å². The standard InChI is InChI=1S/C13H16BrN3O/c1-16(2)10-6-4-9(5-7-10)13-15-12(14)11(8-18)17(13)3/h4-7,18H,8H2,1-3H3. The van der Waals surface area contributed by atoms with E-state index >= 15 is 0 Å². The first-order chi connectivity index (χ1) is 8.54. The van der Waals surface area contributed by atoms with Crippen molar-refractivity contribution in [2.45, 2.75) is 6.61 Å². The zero-order valence-corrected chi connectivity index (χ0v) is 12.3. The maximum Gasteiger partial charge on any atom is 0.141 e. The van der Waals surface area contributed by atoms with E-state index in [2.05, 4.69) is 37.9 Å². The number of rotatable bonds is 3. The molecule has 1 aromatic heterocycles. The molecule has 0 radical (unpaired) electrons. The number of anilines is 1. The Morgan fingerprint density at radius 2 is 1.89 bits per heavy atom. The van der Waals surface area contributed by atoms with Crippen molar-refractivity contribution in [2.75, 3.05) is 19.0 Å². The molecule has 1 N–H and O–H groups in total. The van der Waals surface area contributed by atoms with Crippen LogP contribution in [0.1, 0.15) is 5.69 Å². The Kier molecular flexibility index (Phi) is 3.73. The number of benzene rings is 1. The molecule has 0 amide bonds. The third-order valence-corrected chi connectivity index (χ3v) is 3.59. The van der Waals surface area contributed by atoms with Crippen LogP contribution in [0.15, 0.2) is 28.9 Å². The van der Waals surface area contributed by atoms with Crippen LogP contribution >= 0.6 is 15.9 Å². The lowest BCUT2D eigenvalue weighted by molar-refractivity contribution is 0.272. The van der Waals surface area contributed by atoms with Gasteiger partial charge in [-0.05, 0) is 40.2 Å². The molecule has 1 aromatic carbocycles. The predicted molar refractivity (Wildman–Crippen MR) is 76.6 cm³/mol. The van der Waals surface area contributed by atoms with E-state index in [1.54, 1.807) is 0 Å². The van der Waals surface area contributed by atoms with Crippen LogP contribution in [0.4, 0.5) is 5.69 Å². The molecule has 0 saturated carbocycles. The lowest BCUT2D eigenvalue weighted by atomic mass is 10.2. The summed E-state index contributed by atoms with van der Waals surface area (Å²) in [6, 6.07) is 8.17. The van der Waals surface area contributed by atoms with E-state index in [9.17, 15) is 5.11 Å². The Balaban J connectivity index is 2.43. The Hall–Kier alpha value is -1.33. The Labute approximate surface area is 115 Å². The van der Waals surface area contributed by atoms with E-state index in [1.807, 2.05) is 37.8 Å². The summed E-state index contributed by atoms with van der Waals surface area (Å²) in [4.78, 5) is 6.48. The Bertz CT molecular complexity index is 546. The van der Waals surface area contributed by atoms with Crippen LogP contribution in [0.5, 0.6) is 0 Å². The summed E-state index contributed by atoms with van der Waals surface area (Å²) in [5, 5.41) is 9.28. The highest BCUT2D eigenvalue weighted by atomic mass is 79.9. The van der Waals surface area contributed by atoms with Gasteiger partial charge in [-0.3, -0.25) is 0 Å². The van der Waals surface area contributed by atoms with Crippen molar-refractivity contribution in [1.82, 2.24) is 9.55 Å². The second kappa shape index (κ2) is 5.12. The maximum atomic E-state index is 9.28. The molecule has 0 bridgehead atoms. The molecule has 1 heterocycles. The van der Waals surface area contributed by atoms with Gasteiger partial charge in [-0.1, -0.05) is 0 Å². The van der Waals surface area contributed by atoms with E-state index in [-0.39, 0.29) is 6.61 Å². The monoisotopic (exact) mass is 309 g/mol. The molecular weight excluding hydrogens is 294 g/mol. The van der Waals surface area contributed by atoms with Crippen LogP contribution < -0.4 is 4.90 Å². The molecule has 0 spiro atoms. The zero-order valence-electron chi connectivity index (χ0n) is 10.7. The predicted octanol–water partition coefficient (Wildman–Crippen LogP) is 2.41. The van der Waals surface area contributed by atoms with Gasteiger partial charge in [-0.25, -0.2) is 4.98 Å². The average Bonchev–Trinajstić information content (AvgIpc) is 2.64. The Morgan fingerprint density at radius 3 is 2.33 bits per heavy atom. The minimum Gasteiger partial charge on any atom is -0.390 e. The first-order valence-corrected chi connectivity index (χ1v) is 6.43. The van der Waals surface area contributed by atoms with Crippen LogP contribution in [0.2, 0.25) is 0 Å². The number of aromatic nitrogens is 2. The van der Waals surface area contributed by atoms with Gasteiger partial charge in [-0.2, -0.15) is 0 Å². The number of nitrogens with zero attached hydrogens (tertiary/aromatic N) is 3. The first kappa shape index (κ1) is 13.1. The van der Waals surface area contributed by atoms with Gasteiger partial charge in [0.1, 0.15) is 10.4 Å². The minimum atomic E-state index is -0.0279.